The highest BCUT2D eigenvalue weighted by molar-refractivity contribution is 5.26. The fourth-order valence-electron chi connectivity index (χ4n) is 1.07. The average Bonchev–Trinajstić information content (AvgIpc) is 2.18. The molecule has 3 nitrogen and oxygen atoms in total. The van der Waals surface area contributed by atoms with Crippen molar-refractivity contribution < 1.29 is 14.6 Å². The lowest BCUT2D eigenvalue weighted by atomic mass is 10.2. The van der Waals surface area contributed by atoms with Crippen LogP contribution in [0.3, 0.4) is 0 Å². The minimum absolute atomic E-state index is 0.367. The van der Waals surface area contributed by atoms with Gasteiger partial charge in [0.05, 0.1) is 26.4 Å². The molecule has 0 heterocycles. The second-order valence-corrected chi connectivity index (χ2v) is 3.21. The molecular weight excluding hydrogens is 180 g/mol. The average molecular weight is 196 g/mol. The minimum atomic E-state index is -0.409. The molecule has 0 aliphatic rings. The van der Waals surface area contributed by atoms with Crippen LogP contribution in [0.25, 0.3) is 0 Å². The zero-order chi connectivity index (χ0) is 10.4. The van der Waals surface area contributed by atoms with E-state index in [2.05, 4.69) is 0 Å². The summed E-state index contributed by atoms with van der Waals surface area (Å²) in [6.45, 7) is 2.59. The molecule has 0 spiro atoms. The van der Waals surface area contributed by atoms with Gasteiger partial charge in [0.15, 0.2) is 0 Å². The maximum atomic E-state index is 8.97. The molecule has 1 unspecified atom stereocenters. The first kappa shape index (κ1) is 11.0. The van der Waals surface area contributed by atoms with Crippen molar-refractivity contribution in [2.24, 2.45) is 0 Å². The Hall–Kier alpha value is -1.06. The summed E-state index contributed by atoms with van der Waals surface area (Å²) in [4.78, 5) is 0. The first-order valence-corrected chi connectivity index (χ1v) is 4.61. The van der Waals surface area contributed by atoms with E-state index in [9.17, 15) is 0 Å². The molecule has 0 fully saturated rings. The van der Waals surface area contributed by atoms with Gasteiger partial charge in [-0.2, -0.15) is 0 Å². The van der Waals surface area contributed by atoms with Crippen molar-refractivity contribution in [3.05, 3.63) is 29.8 Å². The van der Waals surface area contributed by atoms with Crippen molar-refractivity contribution in [3.8, 4) is 5.75 Å². The third-order valence-electron chi connectivity index (χ3n) is 1.79. The molecule has 1 aromatic carbocycles. The number of aliphatic hydroxyl groups is 1. The van der Waals surface area contributed by atoms with Gasteiger partial charge in [0, 0.05) is 0 Å². The Kier molecular flexibility index (Phi) is 4.43. The van der Waals surface area contributed by atoms with Gasteiger partial charge in [-0.3, -0.25) is 0 Å². The largest absolute Gasteiger partial charge is 0.497 e. The molecule has 1 N–H and O–H groups in total. The van der Waals surface area contributed by atoms with Gasteiger partial charge in [0.25, 0.3) is 0 Å². The molecule has 1 atom stereocenters. The van der Waals surface area contributed by atoms with E-state index in [1.54, 1.807) is 14.0 Å². The summed E-state index contributed by atoms with van der Waals surface area (Å²) in [5.41, 5.74) is 1.08. The van der Waals surface area contributed by atoms with Crippen LogP contribution in [-0.2, 0) is 11.3 Å². The number of benzene rings is 1. The van der Waals surface area contributed by atoms with Crippen LogP contribution < -0.4 is 4.74 Å². The van der Waals surface area contributed by atoms with Gasteiger partial charge in [-0.25, -0.2) is 0 Å². The molecule has 0 saturated heterocycles. The zero-order valence-electron chi connectivity index (χ0n) is 8.56. The van der Waals surface area contributed by atoms with Crippen molar-refractivity contribution in [1.29, 1.82) is 0 Å². The molecule has 1 rings (SSSR count). The van der Waals surface area contributed by atoms with E-state index < -0.39 is 6.10 Å². The Morgan fingerprint density at radius 1 is 1.29 bits per heavy atom. The van der Waals surface area contributed by atoms with E-state index in [0.29, 0.717) is 13.2 Å². The van der Waals surface area contributed by atoms with E-state index in [4.69, 9.17) is 14.6 Å². The van der Waals surface area contributed by atoms with Crippen molar-refractivity contribution in [2.45, 2.75) is 19.6 Å². The smallest absolute Gasteiger partial charge is 0.118 e. The Balaban J connectivity index is 2.36. The third-order valence-corrected chi connectivity index (χ3v) is 1.79. The highest BCUT2D eigenvalue weighted by Gasteiger charge is 1.97. The maximum absolute atomic E-state index is 8.97. The molecule has 0 radical (unpaired) electrons. The fraction of sp³-hybridized carbons (Fsp3) is 0.455. The number of ether oxygens (including phenoxy) is 2. The first-order chi connectivity index (χ1) is 6.72. The summed E-state index contributed by atoms with van der Waals surface area (Å²) in [7, 11) is 1.64. The second-order valence-electron chi connectivity index (χ2n) is 3.21. The monoisotopic (exact) mass is 196 g/mol. The van der Waals surface area contributed by atoms with E-state index in [-0.39, 0.29) is 0 Å². The maximum Gasteiger partial charge on any atom is 0.118 e. The van der Waals surface area contributed by atoms with Gasteiger partial charge in [-0.05, 0) is 24.6 Å². The van der Waals surface area contributed by atoms with Gasteiger partial charge >= 0.3 is 0 Å². The van der Waals surface area contributed by atoms with E-state index in [0.717, 1.165) is 11.3 Å². The van der Waals surface area contributed by atoms with Gasteiger partial charge in [-0.15, -0.1) is 0 Å². The Morgan fingerprint density at radius 3 is 2.43 bits per heavy atom. The molecule has 78 valence electrons. The molecule has 0 aromatic heterocycles. The Bertz CT molecular complexity index is 254. The van der Waals surface area contributed by atoms with Crippen LogP contribution in [0.15, 0.2) is 24.3 Å². The lowest BCUT2D eigenvalue weighted by Crippen LogP contribution is -2.09. The Morgan fingerprint density at radius 2 is 1.93 bits per heavy atom. The van der Waals surface area contributed by atoms with Crippen LogP contribution in [0, 0.1) is 0 Å². The highest BCUT2D eigenvalue weighted by Crippen LogP contribution is 2.11. The molecule has 3 heteroatoms. The van der Waals surface area contributed by atoms with Crippen LogP contribution in [0.1, 0.15) is 12.5 Å². The summed E-state index contributed by atoms with van der Waals surface area (Å²) in [5.74, 6) is 0.837. The van der Waals surface area contributed by atoms with E-state index >= 15 is 0 Å². The molecule has 0 saturated carbocycles. The van der Waals surface area contributed by atoms with Crippen LogP contribution >= 0.6 is 0 Å². The number of hydrogen-bond acceptors (Lipinski definition) is 3. The molecule has 0 aliphatic carbocycles. The summed E-state index contributed by atoms with van der Waals surface area (Å²) in [5, 5.41) is 8.97. The number of hydrogen-bond donors (Lipinski definition) is 1. The number of methoxy groups -OCH3 is 1. The third kappa shape index (κ3) is 3.77. The fourth-order valence-corrected chi connectivity index (χ4v) is 1.07. The lowest BCUT2D eigenvalue weighted by molar-refractivity contribution is 0.0376. The zero-order valence-corrected chi connectivity index (χ0v) is 8.56. The minimum Gasteiger partial charge on any atom is -0.497 e. The van der Waals surface area contributed by atoms with Crippen LogP contribution in [0.5, 0.6) is 5.75 Å². The van der Waals surface area contributed by atoms with Crippen LogP contribution in [0.4, 0.5) is 0 Å². The molecule has 14 heavy (non-hydrogen) atoms. The predicted octanol–water partition coefficient (Wildman–Crippen LogP) is 1.59. The van der Waals surface area contributed by atoms with Gasteiger partial charge in [0.1, 0.15) is 5.75 Å². The van der Waals surface area contributed by atoms with Crippen LogP contribution in [-0.4, -0.2) is 24.9 Å². The molecule has 0 bridgehead atoms. The molecule has 0 aliphatic heterocycles. The SMILES string of the molecule is COc1ccc(COCC(C)O)cc1. The quantitative estimate of drug-likeness (QED) is 0.777. The summed E-state index contributed by atoms with van der Waals surface area (Å²) in [6.07, 6.45) is -0.409. The highest BCUT2D eigenvalue weighted by atomic mass is 16.5. The summed E-state index contributed by atoms with van der Waals surface area (Å²) >= 11 is 0. The topological polar surface area (TPSA) is 38.7 Å². The number of aliphatic hydroxyl groups excluding tert-OH is 1. The summed E-state index contributed by atoms with van der Waals surface area (Å²) in [6, 6.07) is 7.67. The first-order valence-electron chi connectivity index (χ1n) is 4.61. The van der Waals surface area contributed by atoms with Gasteiger partial charge < -0.3 is 14.6 Å². The van der Waals surface area contributed by atoms with Crippen molar-refractivity contribution in [2.75, 3.05) is 13.7 Å². The normalized spacial score (nSPS) is 12.5. The Labute approximate surface area is 84.3 Å². The molecule has 1 aromatic rings. The van der Waals surface area contributed by atoms with E-state index in [1.165, 1.54) is 0 Å². The summed E-state index contributed by atoms with van der Waals surface area (Å²) < 4.78 is 10.3. The molecule has 0 amide bonds. The van der Waals surface area contributed by atoms with E-state index in [1.807, 2.05) is 24.3 Å². The number of rotatable bonds is 5. The van der Waals surface area contributed by atoms with Crippen molar-refractivity contribution in [3.63, 3.8) is 0 Å². The van der Waals surface area contributed by atoms with Gasteiger partial charge in [0.2, 0.25) is 0 Å². The predicted molar refractivity (Wildman–Crippen MR) is 54.3 cm³/mol. The molecular formula is C11H16O3. The van der Waals surface area contributed by atoms with Gasteiger partial charge in [-0.1, -0.05) is 12.1 Å². The van der Waals surface area contributed by atoms with Crippen LogP contribution in [0.2, 0.25) is 0 Å². The van der Waals surface area contributed by atoms with Crippen molar-refractivity contribution >= 4 is 0 Å². The van der Waals surface area contributed by atoms with Crippen molar-refractivity contribution in [1.82, 2.24) is 0 Å². The lowest BCUT2D eigenvalue weighted by Gasteiger charge is -2.06. The second kappa shape index (κ2) is 5.62. The standard InChI is InChI=1S/C11H16O3/c1-9(12)7-14-8-10-3-5-11(13-2)6-4-10/h3-6,9,12H,7-8H2,1-2H3.